The predicted octanol–water partition coefficient (Wildman–Crippen LogP) is 4.99. The number of benzene rings is 1. The van der Waals surface area contributed by atoms with Gasteiger partial charge in [-0.05, 0) is 50.1 Å². The van der Waals surface area contributed by atoms with Crippen LogP contribution in [0.3, 0.4) is 0 Å². The number of anilines is 3. The van der Waals surface area contributed by atoms with Crippen LogP contribution in [-0.4, -0.2) is 45.2 Å². The van der Waals surface area contributed by atoms with Crippen molar-refractivity contribution in [1.29, 1.82) is 5.26 Å². The van der Waals surface area contributed by atoms with E-state index in [0.29, 0.717) is 17.6 Å². The van der Waals surface area contributed by atoms with Gasteiger partial charge in [-0.25, -0.2) is 9.31 Å². The summed E-state index contributed by atoms with van der Waals surface area (Å²) in [5.74, 6) is -1.93. The quantitative estimate of drug-likeness (QED) is 0.357. The lowest BCUT2D eigenvalue weighted by molar-refractivity contribution is -0.192. The molecule has 4 rings (SSSR count). The Balaban J connectivity index is 0.000000429. The first kappa shape index (κ1) is 26.2. The van der Waals surface area contributed by atoms with E-state index in [2.05, 4.69) is 40.2 Å². The van der Waals surface area contributed by atoms with E-state index < -0.39 is 12.1 Å². The smallest absolute Gasteiger partial charge is 0.475 e. The van der Waals surface area contributed by atoms with Gasteiger partial charge in [-0.1, -0.05) is 12.1 Å². The molecular formula is C23H25F3N6O2S. The molecule has 8 nitrogen and oxygen atoms in total. The first-order valence-electron chi connectivity index (χ1n) is 10.8. The molecule has 0 radical (unpaired) electrons. The molecule has 0 atom stereocenters. The number of halogens is 3. The average molecular weight is 507 g/mol. The number of thioether (sulfide) groups is 1. The number of fused-ring (bicyclic) bond motifs is 1. The van der Waals surface area contributed by atoms with Crippen LogP contribution in [0.4, 0.5) is 30.4 Å². The number of para-hydroxylation sites is 1. The maximum Gasteiger partial charge on any atom is 0.490 e. The summed E-state index contributed by atoms with van der Waals surface area (Å²) in [7, 11) is 0. The number of hydrogen-bond donors (Lipinski definition) is 4. The van der Waals surface area contributed by atoms with E-state index in [9.17, 15) is 18.4 Å². The van der Waals surface area contributed by atoms with Gasteiger partial charge in [0.25, 0.3) is 0 Å². The third-order valence-corrected chi connectivity index (χ3v) is 6.33. The molecule has 35 heavy (non-hydrogen) atoms. The molecule has 1 aliphatic rings. The third-order valence-electron chi connectivity index (χ3n) is 5.53. The van der Waals surface area contributed by atoms with Crippen LogP contribution in [0.15, 0.2) is 47.5 Å². The SMILES string of the molecule is CSc1ccccc1Nc1cc(N[C@H]2CC[C@H](N)CC2)c(C#N)c2ccnn12.O=C(O)C(F)(F)F. The summed E-state index contributed by atoms with van der Waals surface area (Å²) in [6.45, 7) is 0. The van der Waals surface area contributed by atoms with Crippen LogP contribution in [0.2, 0.25) is 0 Å². The fourth-order valence-electron chi connectivity index (χ4n) is 3.78. The zero-order valence-corrected chi connectivity index (χ0v) is 19.7. The Bertz CT molecular complexity index is 1220. The van der Waals surface area contributed by atoms with Gasteiger partial charge in [-0.3, -0.25) is 0 Å². The highest BCUT2D eigenvalue weighted by Gasteiger charge is 2.38. The van der Waals surface area contributed by atoms with Crippen molar-refractivity contribution >= 4 is 40.4 Å². The number of aliphatic carboxylic acids is 1. The van der Waals surface area contributed by atoms with Gasteiger partial charge in [0.05, 0.1) is 23.1 Å². The van der Waals surface area contributed by atoms with Crippen LogP contribution in [-0.2, 0) is 4.79 Å². The number of nitriles is 1. The van der Waals surface area contributed by atoms with E-state index >= 15 is 0 Å². The number of nitrogens with zero attached hydrogens (tertiary/aromatic N) is 3. The molecule has 0 saturated heterocycles. The minimum absolute atomic E-state index is 0.297. The molecule has 1 aromatic carbocycles. The van der Waals surface area contributed by atoms with Crippen molar-refractivity contribution in [3.63, 3.8) is 0 Å². The molecular weight excluding hydrogens is 481 g/mol. The summed E-state index contributed by atoms with van der Waals surface area (Å²) in [5.41, 5.74) is 9.32. The van der Waals surface area contributed by atoms with Crippen LogP contribution in [0, 0.1) is 11.3 Å². The highest BCUT2D eigenvalue weighted by molar-refractivity contribution is 7.98. The topological polar surface area (TPSA) is 128 Å². The highest BCUT2D eigenvalue weighted by atomic mass is 32.2. The van der Waals surface area contributed by atoms with Crippen molar-refractivity contribution in [1.82, 2.24) is 9.61 Å². The molecule has 3 aromatic rings. The maximum atomic E-state index is 10.6. The van der Waals surface area contributed by atoms with E-state index in [1.807, 2.05) is 24.3 Å². The molecule has 0 aliphatic heterocycles. The number of carboxylic acids is 1. The van der Waals surface area contributed by atoms with Crippen molar-refractivity contribution in [2.24, 2.45) is 5.73 Å². The lowest BCUT2D eigenvalue weighted by Crippen LogP contribution is -2.33. The number of carbonyl (C=O) groups is 1. The van der Waals surface area contributed by atoms with E-state index in [1.165, 1.54) is 0 Å². The van der Waals surface area contributed by atoms with Crippen LogP contribution in [0.1, 0.15) is 31.2 Å². The van der Waals surface area contributed by atoms with E-state index in [4.69, 9.17) is 15.6 Å². The molecule has 1 saturated carbocycles. The van der Waals surface area contributed by atoms with Gasteiger partial charge in [0, 0.05) is 23.0 Å². The molecule has 0 unspecified atom stereocenters. The Hall–Kier alpha value is -3.43. The van der Waals surface area contributed by atoms with Gasteiger partial charge in [0.15, 0.2) is 0 Å². The van der Waals surface area contributed by atoms with E-state index in [1.54, 1.807) is 22.5 Å². The number of carboxylic acid groups (broad SMARTS) is 1. The zero-order valence-electron chi connectivity index (χ0n) is 18.8. The van der Waals surface area contributed by atoms with Gasteiger partial charge in [0.1, 0.15) is 17.5 Å². The normalized spacial score (nSPS) is 17.7. The number of hydrogen-bond acceptors (Lipinski definition) is 7. The van der Waals surface area contributed by atoms with Crippen LogP contribution >= 0.6 is 11.8 Å². The minimum Gasteiger partial charge on any atom is -0.475 e. The van der Waals surface area contributed by atoms with Crippen molar-refractivity contribution in [3.05, 3.63) is 48.2 Å². The fraction of sp³-hybridized carbons (Fsp3) is 0.348. The van der Waals surface area contributed by atoms with Gasteiger partial charge >= 0.3 is 12.1 Å². The number of nitrogens with two attached hydrogens (primary N) is 1. The van der Waals surface area contributed by atoms with E-state index in [0.717, 1.165) is 53.3 Å². The van der Waals surface area contributed by atoms with Gasteiger partial charge in [-0.2, -0.15) is 23.5 Å². The standard InChI is InChI=1S/C21H24N6S.C2HF3O2/c1-28-20-5-3-2-4-17(20)26-21-12-18(25-15-8-6-14(23)7-9-15)16(13-22)19-10-11-24-27(19)21;3-2(4,5)1(6)7/h2-5,10-12,14-15,25-26H,6-9,23H2,1H3;(H,6,7)/t14-,15-;. The molecule has 0 spiro atoms. The number of pyridine rings is 1. The van der Waals surface area contributed by atoms with Crippen molar-refractivity contribution in [2.45, 2.75) is 48.8 Å². The third kappa shape index (κ3) is 6.58. The first-order valence-corrected chi connectivity index (χ1v) is 12.0. The molecule has 186 valence electrons. The van der Waals surface area contributed by atoms with E-state index in [-0.39, 0.29) is 0 Å². The van der Waals surface area contributed by atoms with Gasteiger partial charge in [-0.15, -0.1) is 11.8 Å². The second-order valence-corrected chi connectivity index (χ2v) is 8.79. The molecule has 1 fully saturated rings. The van der Waals surface area contributed by atoms with Crippen molar-refractivity contribution < 1.29 is 23.1 Å². The van der Waals surface area contributed by atoms with Crippen LogP contribution in [0.25, 0.3) is 5.52 Å². The number of rotatable bonds is 5. The Kier molecular flexibility index (Phi) is 8.48. The highest BCUT2D eigenvalue weighted by Crippen LogP contribution is 2.32. The molecule has 2 heterocycles. The Morgan fingerprint density at radius 3 is 2.49 bits per heavy atom. The zero-order chi connectivity index (χ0) is 25.6. The second kappa shape index (κ2) is 11.3. The van der Waals surface area contributed by atoms with Gasteiger partial charge in [0.2, 0.25) is 0 Å². The van der Waals surface area contributed by atoms with Crippen LogP contribution < -0.4 is 16.4 Å². The van der Waals surface area contributed by atoms with Crippen LogP contribution in [0.5, 0.6) is 0 Å². The summed E-state index contributed by atoms with van der Waals surface area (Å²) in [4.78, 5) is 10.1. The minimum atomic E-state index is -5.08. The van der Waals surface area contributed by atoms with Gasteiger partial charge < -0.3 is 21.5 Å². The maximum absolute atomic E-state index is 10.6. The molecule has 5 N–H and O–H groups in total. The Labute approximate surface area is 204 Å². The lowest BCUT2D eigenvalue weighted by atomic mass is 9.91. The number of alkyl halides is 3. The summed E-state index contributed by atoms with van der Waals surface area (Å²) in [6.07, 6.45) is 2.78. The fourth-order valence-corrected chi connectivity index (χ4v) is 4.34. The molecule has 0 bridgehead atoms. The summed E-state index contributed by atoms with van der Waals surface area (Å²) >= 11 is 1.69. The van der Waals surface area contributed by atoms with Crippen molar-refractivity contribution in [3.8, 4) is 6.07 Å². The number of nitrogens with one attached hydrogen (secondary N) is 2. The Morgan fingerprint density at radius 1 is 1.23 bits per heavy atom. The first-order chi connectivity index (χ1) is 16.6. The molecule has 1 aliphatic carbocycles. The lowest BCUT2D eigenvalue weighted by Gasteiger charge is -2.28. The summed E-state index contributed by atoms with van der Waals surface area (Å²) in [5, 5.41) is 28.4. The predicted molar refractivity (Wildman–Crippen MR) is 129 cm³/mol. The Morgan fingerprint density at radius 2 is 1.89 bits per heavy atom. The summed E-state index contributed by atoms with van der Waals surface area (Å²) < 4.78 is 33.5. The molecule has 2 aromatic heterocycles. The largest absolute Gasteiger partial charge is 0.490 e. The molecule has 0 amide bonds. The molecule has 12 heteroatoms. The monoisotopic (exact) mass is 506 g/mol. The van der Waals surface area contributed by atoms with Crippen molar-refractivity contribution in [2.75, 3.05) is 16.9 Å². The average Bonchev–Trinajstić information content (AvgIpc) is 3.31. The number of aromatic nitrogens is 2. The summed E-state index contributed by atoms with van der Waals surface area (Å²) in [6, 6.07) is 15.0. The second-order valence-electron chi connectivity index (χ2n) is 7.94.